The quantitative estimate of drug-likeness (QED) is 0.0222. The van der Waals surface area contributed by atoms with Gasteiger partial charge >= 0.3 is 39.5 Å². The average Bonchev–Trinajstić information content (AvgIpc) is 2.79. The molecular weight excluding hydrogens is 1230 g/mol. The van der Waals surface area contributed by atoms with Crippen LogP contribution in [0.1, 0.15) is 388 Å². The number of aliphatic hydroxyl groups is 1. The van der Waals surface area contributed by atoms with E-state index < -0.39 is 97.5 Å². The highest BCUT2D eigenvalue weighted by atomic mass is 31.2. The first-order valence-electron chi connectivity index (χ1n) is 39.0. The van der Waals surface area contributed by atoms with Crippen LogP contribution in [0.2, 0.25) is 0 Å². The topological polar surface area (TPSA) is 237 Å². The minimum Gasteiger partial charge on any atom is -0.462 e. The standard InChI is InChI=1S/C75H146O17P2/c1-7-10-12-14-16-17-18-29-35-41-47-53-59-74(79)91-70(63-85-72(77)57-51-45-37-15-13-11-8-2)65-89-93(81,82)87-61-69(76)62-88-94(83,84)90-66-71(64-86-73(78)58-52-46-40-34-30-25-21-19-23-27-32-38-43-49-55-67(4)5)92-75(80)60-54-48-42-36-31-26-22-20-24-28-33-39-44-50-56-68(6)9-3/h67-71,76H,7-66H2,1-6H3,(H,81,82)(H,83,84)/t68?,69-,70+,71+/m0/s1. The molecule has 0 rings (SSSR count). The van der Waals surface area contributed by atoms with Crippen molar-refractivity contribution in [3.63, 3.8) is 0 Å². The number of aliphatic hydroxyl groups excluding tert-OH is 1. The fourth-order valence-electron chi connectivity index (χ4n) is 11.4. The van der Waals surface area contributed by atoms with Crippen molar-refractivity contribution >= 4 is 39.5 Å². The minimum atomic E-state index is -4.96. The maximum Gasteiger partial charge on any atom is 0.472 e. The highest BCUT2D eigenvalue weighted by Gasteiger charge is 2.30. The number of unbranched alkanes of at least 4 members (excludes halogenated alkanes) is 43. The molecule has 0 saturated heterocycles. The number of carbonyl (C=O) groups is 4. The Kier molecular flexibility index (Phi) is 65.5. The molecule has 558 valence electrons. The predicted octanol–water partition coefficient (Wildman–Crippen LogP) is 21.9. The van der Waals surface area contributed by atoms with Gasteiger partial charge in [-0.3, -0.25) is 37.3 Å². The van der Waals surface area contributed by atoms with Crippen LogP contribution in [0.15, 0.2) is 0 Å². The lowest BCUT2D eigenvalue weighted by atomic mass is 9.99. The largest absolute Gasteiger partial charge is 0.472 e. The molecule has 17 nitrogen and oxygen atoms in total. The molecule has 0 amide bonds. The van der Waals surface area contributed by atoms with E-state index in [4.69, 9.17) is 37.0 Å². The van der Waals surface area contributed by atoms with Gasteiger partial charge in [-0.2, -0.15) is 0 Å². The molecule has 0 aliphatic rings. The number of hydrogen-bond acceptors (Lipinski definition) is 15. The molecule has 0 fully saturated rings. The third kappa shape index (κ3) is 67.3. The molecule has 3 unspecified atom stereocenters. The Morgan fingerprint density at radius 2 is 0.543 bits per heavy atom. The van der Waals surface area contributed by atoms with Crippen molar-refractivity contribution in [2.45, 2.75) is 407 Å². The van der Waals surface area contributed by atoms with E-state index in [1.807, 2.05) is 0 Å². The van der Waals surface area contributed by atoms with Crippen molar-refractivity contribution in [1.29, 1.82) is 0 Å². The van der Waals surface area contributed by atoms with E-state index in [-0.39, 0.29) is 25.7 Å². The molecule has 94 heavy (non-hydrogen) atoms. The van der Waals surface area contributed by atoms with Gasteiger partial charge < -0.3 is 33.8 Å². The van der Waals surface area contributed by atoms with E-state index in [0.717, 1.165) is 115 Å². The van der Waals surface area contributed by atoms with Gasteiger partial charge in [-0.25, -0.2) is 9.13 Å². The van der Waals surface area contributed by atoms with Gasteiger partial charge in [0.2, 0.25) is 0 Å². The van der Waals surface area contributed by atoms with Crippen LogP contribution in [0.5, 0.6) is 0 Å². The van der Waals surface area contributed by atoms with Crippen molar-refractivity contribution in [2.24, 2.45) is 11.8 Å². The van der Waals surface area contributed by atoms with Crippen molar-refractivity contribution in [1.82, 2.24) is 0 Å². The Morgan fingerprint density at radius 3 is 0.809 bits per heavy atom. The van der Waals surface area contributed by atoms with Crippen LogP contribution in [-0.2, 0) is 65.4 Å². The SMILES string of the molecule is CCCCCCCCCCCCCCC(=O)O[C@H](COC(=O)CCCCCCCCC)COP(=O)(O)OC[C@H](O)COP(=O)(O)OC[C@@H](COC(=O)CCCCCCCCCCCCCCCCC(C)C)OC(=O)CCCCCCCCCCCCCCCCC(C)CC. The van der Waals surface area contributed by atoms with Crippen molar-refractivity contribution in [2.75, 3.05) is 39.6 Å². The van der Waals surface area contributed by atoms with Gasteiger partial charge in [0.15, 0.2) is 12.2 Å². The second-order valence-electron chi connectivity index (χ2n) is 27.8. The molecule has 0 aliphatic heterocycles. The fourth-order valence-corrected chi connectivity index (χ4v) is 13.0. The van der Waals surface area contributed by atoms with E-state index in [1.54, 1.807) is 0 Å². The molecule has 0 heterocycles. The number of carbonyl (C=O) groups excluding carboxylic acids is 4. The van der Waals surface area contributed by atoms with Gasteiger partial charge in [0.05, 0.1) is 26.4 Å². The van der Waals surface area contributed by atoms with Gasteiger partial charge in [0, 0.05) is 25.7 Å². The summed E-state index contributed by atoms with van der Waals surface area (Å²) in [5, 5.41) is 10.6. The Labute approximate surface area is 575 Å². The predicted molar refractivity (Wildman–Crippen MR) is 381 cm³/mol. The van der Waals surface area contributed by atoms with Gasteiger partial charge in [-0.05, 0) is 37.5 Å². The molecule has 0 radical (unpaired) electrons. The molecular formula is C75H146O17P2. The van der Waals surface area contributed by atoms with Gasteiger partial charge in [0.25, 0.3) is 0 Å². The first-order chi connectivity index (χ1) is 45.4. The Morgan fingerprint density at radius 1 is 0.309 bits per heavy atom. The third-order valence-electron chi connectivity index (χ3n) is 17.8. The van der Waals surface area contributed by atoms with Crippen LogP contribution < -0.4 is 0 Å². The smallest absolute Gasteiger partial charge is 0.462 e. The molecule has 6 atom stereocenters. The number of esters is 4. The van der Waals surface area contributed by atoms with Gasteiger partial charge in [-0.15, -0.1) is 0 Å². The summed E-state index contributed by atoms with van der Waals surface area (Å²) in [7, 11) is -9.90. The number of phosphoric acid groups is 2. The first-order valence-corrected chi connectivity index (χ1v) is 42.0. The summed E-state index contributed by atoms with van der Waals surface area (Å²) in [6, 6.07) is 0. The highest BCUT2D eigenvalue weighted by molar-refractivity contribution is 7.47. The zero-order valence-corrected chi connectivity index (χ0v) is 63.1. The fraction of sp³-hybridized carbons (Fsp3) is 0.947. The summed E-state index contributed by atoms with van der Waals surface area (Å²) in [6.07, 6.45) is 54.1. The third-order valence-corrected chi connectivity index (χ3v) is 19.7. The Hall–Kier alpha value is -1.94. The normalized spacial score (nSPS) is 14.3. The summed E-state index contributed by atoms with van der Waals surface area (Å²) in [5.41, 5.74) is 0. The molecule has 0 spiro atoms. The second kappa shape index (κ2) is 66.9. The molecule has 19 heteroatoms. The maximum absolute atomic E-state index is 13.1. The van der Waals surface area contributed by atoms with Crippen molar-refractivity contribution < 1.29 is 80.2 Å². The van der Waals surface area contributed by atoms with Crippen molar-refractivity contribution in [3.05, 3.63) is 0 Å². The number of rotatable bonds is 74. The zero-order valence-electron chi connectivity index (χ0n) is 61.3. The highest BCUT2D eigenvalue weighted by Crippen LogP contribution is 2.45. The Balaban J connectivity index is 5.19. The summed E-state index contributed by atoms with van der Waals surface area (Å²) in [6.45, 7) is 9.63. The molecule has 0 aliphatic carbocycles. The van der Waals surface area contributed by atoms with Crippen LogP contribution in [0.3, 0.4) is 0 Å². The van der Waals surface area contributed by atoms with Crippen LogP contribution in [0.25, 0.3) is 0 Å². The number of phosphoric ester groups is 2. The summed E-state index contributed by atoms with van der Waals surface area (Å²) < 4.78 is 68.4. The van der Waals surface area contributed by atoms with E-state index in [1.165, 1.54) is 193 Å². The Bertz CT molecular complexity index is 1820. The maximum atomic E-state index is 13.1. The van der Waals surface area contributed by atoms with E-state index in [2.05, 4.69) is 41.5 Å². The van der Waals surface area contributed by atoms with Crippen LogP contribution >= 0.6 is 15.6 Å². The van der Waals surface area contributed by atoms with E-state index in [9.17, 15) is 43.2 Å². The van der Waals surface area contributed by atoms with Crippen LogP contribution in [-0.4, -0.2) is 96.7 Å². The van der Waals surface area contributed by atoms with Crippen molar-refractivity contribution in [3.8, 4) is 0 Å². The van der Waals surface area contributed by atoms with Crippen LogP contribution in [0, 0.1) is 11.8 Å². The minimum absolute atomic E-state index is 0.107. The molecule has 3 N–H and O–H groups in total. The molecule has 0 aromatic heterocycles. The van der Waals surface area contributed by atoms with Crippen LogP contribution in [0.4, 0.5) is 0 Å². The molecule has 0 aromatic rings. The molecule has 0 bridgehead atoms. The summed E-state index contributed by atoms with van der Waals surface area (Å²) in [5.74, 6) is -0.475. The number of ether oxygens (including phenoxy) is 4. The van der Waals surface area contributed by atoms with E-state index in [0.29, 0.717) is 25.7 Å². The first kappa shape index (κ1) is 92.1. The number of hydrogen-bond donors (Lipinski definition) is 3. The lowest BCUT2D eigenvalue weighted by molar-refractivity contribution is -0.161. The summed E-state index contributed by atoms with van der Waals surface area (Å²) >= 11 is 0. The molecule has 0 aromatic carbocycles. The molecule has 0 saturated carbocycles. The summed E-state index contributed by atoms with van der Waals surface area (Å²) in [4.78, 5) is 72.6. The second-order valence-corrected chi connectivity index (χ2v) is 30.7. The lowest BCUT2D eigenvalue weighted by Gasteiger charge is -2.21. The zero-order chi connectivity index (χ0) is 69.3. The van der Waals surface area contributed by atoms with Gasteiger partial charge in [0.1, 0.15) is 19.3 Å². The average molecular weight is 1380 g/mol. The van der Waals surface area contributed by atoms with E-state index >= 15 is 0 Å². The monoisotopic (exact) mass is 1380 g/mol. The van der Waals surface area contributed by atoms with Gasteiger partial charge in [-0.1, -0.05) is 337 Å². The lowest BCUT2D eigenvalue weighted by Crippen LogP contribution is -2.30.